The van der Waals surface area contributed by atoms with Crippen LogP contribution in [0.1, 0.15) is 56.1 Å². The van der Waals surface area contributed by atoms with Gasteiger partial charge in [-0.2, -0.15) is 0 Å². The number of amides is 2. The number of fused-ring (bicyclic) bond motifs is 1. The van der Waals surface area contributed by atoms with Crippen molar-refractivity contribution in [1.82, 2.24) is 9.80 Å². The number of benzene rings is 1. The van der Waals surface area contributed by atoms with Crippen molar-refractivity contribution >= 4 is 11.8 Å². The maximum atomic E-state index is 13.6. The number of hydrogen-bond donors (Lipinski definition) is 2. The summed E-state index contributed by atoms with van der Waals surface area (Å²) >= 11 is 0. The van der Waals surface area contributed by atoms with Crippen LogP contribution < -0.4 is 4.74 Å². The van der Waals surface area contributed by atoms with Gasteiger partial charge in [0.05, 0.1) is 28.9 Å². The number of imide groups is 1. The summed E-state index contributed by atoms with van der Waals surface area (Å²) in [5.74, 6) is 0.552. The molecule has 1 aromatic carbocycles. The lowest BCUT2D eigenvalue weighted by molar-refractivity contribution is -0.201. The van der Waals surface area contributed by atoms with E-state index in [0.717, 1.165) is 36.6 Å². The number of hydrogen-bond acceptors (Lipinski definition) is 6. The zero-order valence-corrected chi connectivity index (χ0v) is 19.9. The molecule has 0 unspecified atom stereocenters. The second-order valence-corrected chi connectivity index (χ2v) is 12.1. The van der Waals surface area contributed by atoms with E-state index in [0.29, 0.717) is 37.9 Å². The summed E-state index contributed by atoms with van der Waals surface area (Å²) in [5.41, 5.74) is 0.353. The fourth-order valence-corrected chi connectivity index (χ4v) is 8.87. The van der Waals surface area contributed by atoms with Crippen LogP contribution in [0.5, 0.6) is 11.5 Å². The highest BCUT2D eigenvalue weighted by Crippen LogP contribution is 2.66. The number of allylic oxidation sites excluding steroid dienone is 2. The van der Waals surface area contributed by atoms with Crippen molar-refractivity contribution in [1.29, 1.82) is 0 Å². The summed E-state index contributed by atoms with van der Waals surface area (Å²) in [5, 5.41) is 23.4. The monoisotopic (exact) mass is 476 g/mol. The molecule has 4 fully saturated rings. The molecule has 184 valence electrons. The topological polar surface area (TPSA) is 90.3 Å². The van der Waals surface area contributed by atoms with E-state index in [1.807, 2.05) is 18.2 Å². The van der Waals surface area contributed by atoms with E-state index in [-0.39, 0.29) is 35.4 Å². The fraction of sp³-hybridized carbons (Fsp3) is 0.643. The van der Waals surface area contributed by atoms with Crippen LogP contribution in [0.25, 0.3) is 0 Å². The summed E-state index contributed by atoms with van der Waals surface area (Å²) in [6.45, 7) is 1.89. The lowest BCUT2D eigenvalue weighted by Crippen LogP contribution is -2.78. The number of nitrogens with zero attached hydrogens (tertiary/aromatic N) is 2. The molecule has 2 saturated heterocycles. The Kier molecular flexibility index (Phi) is 3.97. The Hall–Kier alpha value is -2.38. The summed E-state index contributed by atoms with van der Waals surface area (Å²) in [7, 11) is 0. The highest BCUT2D eigenvalue weighted by molar-refractivity contribution is 6.06. The van der Waals surface area contributed by atoms with Crippen molar-refractivity contribution in [3.05, 3.63) is 35.4 Å². The normalized spacial score (nSPS) is 43.2. The highest BCUT2D eigenvalue weighted by atomic mass is 16.5. The van der Waals surface area contributed by atoms with Gasteiger partial charge in [-0.1, -0.05) is 18.2 Å². The molecule has 2 N–H and O–H groups in total. The van der Waals surface area contributed by atoms with Crippen molar-refractivity contribution in [3.63, 3.8) is 0 Å². The van der Waals surface area contributed by atoms with Crippen LogP contribution in [-0.4, -0.2) is 68.7 Å². The van der Waals surface area contributed by atoms with Crippen molar-refractivity contribution in [3.8, 4) is 11.5 Å². The third-order valence-corrected chi connectivity index (χ3v) is 10.6. The maximum Gasteiger partial charge on any atom is 0.233 e. The quantitative estimate of drug-likeness (QED) is 0.514. The SMILES string of the molecule is O=C1[C@H]2CC=CC[C@H]2C(=O)N1[C@@H]1CC[C@@]2(O)[C@H]3Cc4ccc(O)c5c4[C@@]2(CCN3CC2CC2)[C@H]1O5. The molecular weight excluding hydrogens is 444 g/mol. The Morgan fingerprint density at radius 2 is 1.77 bits per heavy atom. The predicted octanol–water partition coefficient (Wildman–Crippen LogP) is 2.28. The Morgan fingerprint density at radius 1 is 1.03 bits per heavy atom. The van der Waals surface area contributed by atoms with Gasteiger partial charge in [0.2, 0.25) is 11.8 Å². The standard InChI is InChI=1S/C28H32N2O5/c31-20-8-7-16-13-21-28(34)10-9-19(30-25(32)17-3-1-2-4-18(17)26(30)33)24-27(28,22(16)23(20)35-24)11-12-29(21)14-15-5-6-15/h1-2,7-8,15,17-19,21,24,31,34H,3-6,9-14H2/t17-,18+,19-,21-,24+,27+,28-/m1/s1. The average Bonchev–Trinajstić information content (AvgIpc) is 3.54. The van der Waals surface area contributed by atoms with Crippen molar-refractivity contribution in [2.45, 2.75) is 80.6 Å². The van der Waals surface area contributed by atoms with Gasteiger partial charge in [0, 0.05) is 18.2 Å². The van der Waals surface area contributed by atoms with E-state index in [2.05, 4.69) is 4.90 Å². The Balaban J connectivity index is 1.25. The molecule has 8 rings (SSSR count). The molecule has 0 radical (unpaired) electrons. The second kappa shape index (κ2) is 6.68. The van der Waals surface area contributed by atoms with Gasteiger partial charge in [-0.05, 0) is 75.5 Å². The smallest absolute Gasteiger partial charge is 0.233 e. The minimum absolute atomic E-state index is 0.0105. The Morgan fingerprint density at radius 3 is 2.49 bits per heavy atom. The molecule has 2 amide bonds. The molecule has 7 aliphatic rings. The first-order valence-corrected chi connectivity index (χ1v) is 13.4. The largest absolute Gasteiger partial charge is 0.504 e. The van der Waals surface area contributed by atoms with Gasteiger partial charge in [-0.3, -0.25) is 19.4 Å². The summed E-state index contributed by atoms with van der Waals surface area (Å²) in [6.07, 6.45) is 9.78. The van der Waals surface area contributed by atoms with E-state index in [9.17, 15) is 19.8 Å². The number of aromatic hydroxyl groups is 1. The number of aliphatic hydroxyl groups is 1. The Labute approximate surface area is 204 Å². The minimum Gasteiger partial charge on any atom is -0.504 e. The first kappa shape index (κ1) is 20.8. The predicted molar refractivity (Wildman–Crippen MR) is 126 cm³/mol. The van der Waals surface area contributed by atoms with Crippen molar-refractivity contribution in [2.24, 2.45) is 17.8 Å². The van der Waals surface area contributed by atoms with Crippen LogP contribution in [0.3, 0.4) is 0 Å². The third-order valence-electron chi connectivity index (χ3n) is 10.6. The van der Waals surface area contributed by atoms with Gasteiger partial charge < -0.3 is 14.9 Å². The molecule has 0 aromatic heterocycles. The molecule has 3 heterocycles. The highest BCUT2D eigenvalue weighted by Gasteiger charge is 2.74. The lowest BCUT2D eigenvalue weighted by Gasteiger charge is -2.64. The van der Waals surface area contributed by atoms with Gasteiger partial charge in [0.15, 0.2) is 11.5 Å². The molecule has 7 atom stereocenters. The fourth-order valence-electron chi connectivity index (χ4n) is 8.87. The van der Waals surface area contributed by atoms with E-state index < -0.39 is 23.2 Å². The summed E-state index contributed by atoms with van der Waals surface area (Å²) in [6, 6.07) is 3.26. The first-order chi connectivity index (χ1) is 16.9. The molecule has 7 heteroatoms. The van der Waals surface area contributed by atoms with Crippen LogP contribution in [0.2, 0.25) is 0 Å². The number of phenols is 1. The first-order valence-electron chi connectivity index (χ1n) is 13.4. The number of likely N-dealkylation sites (tertiary alicyclic amines) is 2. The molecule has 3 aliphatic heterocycles. The number of ether oxygens (including phenoxy) is 1. The van der Waals surface area contributed by atoms with E-state index in [4.69, 9.17) is 4.74 Å². The zero-order chi connectivity index (χ0) is 23.7. The molecule has 7 nitrogen and oxygen atoms in total. The number of piperidine rings is 1. The van der Waals surface area contributed by atoms with E-state index in [1.54, 1.807) is 6.07 Å². The Bertz CT molecular complexity index is 1170. The molecule has 1 spiro atoms. The summed E-state index contributed by atoms with van der Waals surface area (Å²) in [4.78, 5) is 31.2. The maximum absolute atomic E-state index is 13.6. The van der Waals surface area contributed by atoms with Crippen LogP contribution in [-0.2, 0) is 21.4 Å². The van der Waals surface area contributed by atoms with Gasteiger partial charge in [-0.25, -0.2) is 0 Å². The van der Waals surface area contributed by atoms with Crippen LogP contribution in [0, 0.1) is 17.8 Å². The third kappa shape index (κ3) is 2.40. The second-order valence-electron chi connectivity index (χ2n) is 12.1. The molecule has 2 saturated carbocycles. The number of carbonyl (C=O) groups excluding carboxylic acids is 2. The lowest BCUT2D eigenvalue weighted by atomic mass is 9.48. The van der Waals surface area contributed by atoms with Crippen LogP contribution >= 0.6 is 0 Å². The van der Waals surface area contributed by atoms with E-state index in [1.165, 1.54) is 17.7 Å². The number of rotatable bonds is 3. The van der Waals surface area contributed by atoms with Crippen LogP contribution in [0.4, 0.5) is 0 Å². The van der Waals surface area contributed by atoms with Crippen molar-refractivity contribution < 1.29 is 24.5 Å². The summed E-state index contributed by atoms with van der Waals surface area (Å²) < 4.78 is 6.59. The number of phenolic OH excluding ortho intramolecular Hbond substituents is 1. The number of carbonyl (C=O) groups is 2. The zero-order valence-electron chi connectivity index (χ0n) is 19.9. The molecule has 1 aromatic rings. The van der Waals surface area contributed by atoms with Crippen molar-refractivity contribution in [2.75, 3.05) is 13.1 Å². The van der Waals surface area contributed by atoms with Gasteiger partial charge in [0.1, 0.15) is 6.10 Å². The minimum atomic E-state index is -1.01. The van der Waals surface area contributed by atoms with E-state index >= 15 is 0 Å². The van der Waals surface area contributed by atoms with Gasteiger partial charge >= 0.3 is 0 Å². The van der Waals surface area contributed by atoms with Gasteiger partial charge in [-0.15, -0.1) is 0 Å². The molecule has 35 heavy (non-hydrogen) atoms. The average molecular weight is 477 g/mol. The molecular formula is C28H32N2O5. The van der Waals surface area contributed by atoms with Gasteiger partial charge in [0.25, 0.3) is 0 Å². The van der Waals surface area contributed by atoms with Crippen LogP contribution in [0.15, 0.2) is 24.3 Å². The molecule has 2 bridgehead atoms. The molecule has 4 aliphatic carbocycles.